The van der Waals surface area contributed by atoms with Crippen molar-refractivity contribution in [2.75, 3.05) is 32.8 Å². The van der Waals surface area contributed by atoms with Crippen molar-refractivity contribution < 1.29 is 14.2 Å². The smallest absolute Gasteiger partial charge is 0.127 e. The number of phenols is 1. The largest absolute Gasteiger partial charge is 0.508 e. The van der Waals surface area contributed by atoms with E-state index in [-0.39, 0.29) is 11.9 Å². The minimum absolute atomic E-state index is 0.0390. The van der Waals surface area contributed by atoms with Gasteiger partial charge in [-0.2, -0.15) is 0 Å². The fourth-order valence-electron chi connectivity index (χ4n) is 2.30. The van der Waals surface area contributed by atoms with Gasteiger partial charge in [-0.1, -0.05) is 6.92 Å². The summed E-state index contributed by atoms with van der Waals surface area (Å²) in [6.07, 6.45) is 0.177. The molecule has 1 unspecified atom stereocenters. The fourth-order valence-corrected chi connectivity index (χ4v) is 2.30. The van der Waals surface area contributed by atoms with E-state index in [1.54, 1.807) is 6.07 Å². The molecule has 0 bridgehead atoms. The van der Waals surface area contributed by atoms with Gasteiger partial charge in [0.1, 0.15) is 11.6 Å². The monoisotopic (exact) mass is 268 g/mol. The zero-order chi connectivity index (χ0) is 13.7. The Balaban J connectivity index is 1.76. The Morgan fingerprint density at radius 3 is 3.05 bits per heavy atom. The molecule has 1 heterocycles. The summed E-state index contributed by atoms with van der Waals surface area (Å²) in [6.45, 7) is 7.12. The molecule has 1 saturated heterocycles. The summed E-state index contributed by atoms with van der Waals surface area (Å²) in [5, 5.41) is 12.6. The number of phenolic OH excluding ortho intramolecular Hbond substituents is 1. The maximum Gasteiger partial charge on any atom is 0.127 e. The third-order valence-corrected chi connectivity index (χ3v) is 3.31. The summed E-state index contributed by atoms with van der Waals surface area (Å²) in [7, 11) is 0. The van der Waals surface area contributed by atoms with Gasteiger partial charge in [0.15, 0.2) is 0 Å². The Morgan fingerprint density at radius 1 is 1.47 bits per heavy atom. The highest BCUT2D eigenvalue weighted by Crippen LogP contribution is 2.14. The number of aromatic hydroxyl groups is 1. The molecule has 2 N–H and O–H groups in total. The topological polar surface area (TPSA) is 44.7 Å². The predicted octanol–water partition coefficient (Wildman–Crippen LogP) is 1.34. The quantitative estimate of drug-likeness (QED) is 0.846. The van der Waals surface area contributed by atoms with E-state index in [0.29, 0.717) is 6.54 Å². The van der Waals surface area contributed by atoms with E-state index in [1.165, 1.54) is 6.07 Å². The van der Waals surface area contributed by atoms with Crippen LogP contribution in [0, 0.1) is 5.82 Å². The number of hydrogen-bond acceptors (Lipinski definition) is 4. The lowest BCUT2D eigenvalue weighted by molar-refractivity contribution is -0.0253. The minimum atomic E-state index is -0.414. The number of ether oxygens (including phenoxy) is 1. The van der Waals surface area contributed by atoms with Gasteiger partial charge in [0.2, 0.25) is 0 Å². The summed E-state index contributed by atoms with van der Waals surface area (Å²) in [5.74, 6) is -0.453. The highest BCUT2D eigenvalue weighted by molar-refractivity contribution is 5.28. The Morgan fingerprint density at radius 2 is 2.32 bits per heavy atom. The second-order valence-electron chi connectivity index (χ2n) is 4.83. The molecular formula is C14H21FN2O2. The summed E-state index contributed by atoms with van der Waals surface area (Å²) in [4.78, 5) is 2.35. The maximum atomic E-state index is 13.1. The van der Waals surface area contributed by atoms with E-state index in [1.807, 2.05) is 0 Å². The Labute approximate surface area is 113 Å². The number of hydrogen-bond donors (Lipinski definition) is 2. The summed E-state index contributed by atoms with van der Waals surface area (Å²) >= 11 is 0. The van der Waals surface area contributed by atoms with Crippen molar-refractivity contribution in [1.29, 1.82) is 0 Å². The Kier molecular flexibility index (Phi) is 5.13. The summed E-state index contributed by atoms with van der Waals surface area (Å²) < 4.78 is 18.8. The molecule has 1 fully saturated rings. The Bertz CT molecular complexity index is 394. The van der Waals surface area contributed by atoms with E-state index in [2.05, 4.69) is 17.1 Å². The molecular weight excluding hydrogens is 247 g/mol. The van der Waals surface area contributed by atoms with Crippen LogP contribution in [0.3, 0.4) is 0 Å². The number of nitrogens with one attached hydrogen (secondary N) is 1. The minimum Gasteiger partial charge on any atom is -0.508 e. The average molecular weight is 268 g/mol. The van der Waals surface area contributed by atoms with Gasteiger partial charge in [-0.15, -0.1) is 0 Å². The van der Waals surface area contributed by atoms with Crippen LogP contribution >= 0.6 is 0 Å². The van der Waals surface area contributed by atoms with Gasteiger partial charge in [0.05, 0.1) is 12.7 Å². The van der Waals surface area contributed by atoms with Crippen molar-refractivity contribution in [3.05, 3.63) is 29.6 Å². The van der Waals surface area contributed by atoms with Crippen LogP contribution in [0.4, 0.5) is 4.39 Å². The molecule has 0 spiro atoms. The maximum absolute atomic E-state index is 13.1. The first kappa shape index (κ1) is 14.2. The van der Waals surface area contributed by atoms with Gasteiger partial charge >= 0.3 is 0 Å². The van der Waals surface area contributed by atoms with Crippen LogP contribution in [0.25, 0.3) is 0 Å². The number of morpholine rings is 1. The molecule has 106 valence electrons. The molecule has 19 heavy (non-hydrogen) atoms. The van der Waals surface area contributed by atoms with Crippen molar-refractivity contribution >= 4 is 0 Å². The normalized spacial score (nSPS) is 20.6. The van der Waals surface area contributed by atoms with Crippen LogP contribution in [0.15, 0.2) is 18.2 Å². The second kappa shape index (κ2) is 6.84. The number of halogens is 1. The zero-order valence-electron chi connectivity index (χ0n) is 11.2. The van der Waals surface area contributed by atoms with Gasteiger partial charge in [0, 0.05) is 32.2 Å². The van der Waals surface area contributed by atoms with Crippen LogP contribution in [0.2, 0.25) is 0 Å². The van der Waals surface area contributed by atoms with Gasteiger partial charge in [-0.05, 0) is 24.2 Å². The third kappa shape index (κ3) is 4.45. The van der Waals surface area contributed by atoms with Crippen molar-refractivity contribution in [2.24, 2.45) is 0 Å². The fraction of sp³-hybridized carbons (Fsp3) is 0.571. The van der Waals surface area contributed by atoms with E-state index >= 15 is 0 Å². The van der Waals surface area contributed by atoms with Crippen LogP contribution < -0.4 is 5.32 Å². The van der Waals surface area contributed by atoms with E-state index in [4.69, 9.17) is 4.74 Å². The molecule has 1 aromatic carbocycles. The van der Waals surface area contributed by atoms with E-state index in [0.717, 1.165) is 44.4 Å². The van der Waals surface area contributed by atoms with Crippen molar-refractivity contribution in [3.63, 3.8) is 0 Å². The number of benzene rings is 1. The first-order valence-electron chi connectivity index (χ1n) is 6.70. The molecule has 0 radical (unpaired) electrons. The van der Waals surface area contributed by atoms with Crippen molar-refractivity contribution in [3.8, 4) is 5.75 Å². The van der Waals surface area contributed by atoms with Crippen LogP contribution in [0.1, 0.15) is 12.5 Å². The second-order valence-corrected chi connectivity index (χ2v) is 4.83. The molecule has 0 amide bonds. The molecule has 0 aromatic heterocycles. The van der Waals surface area contributed by atoms with E-state index < -0.39 is 5.82 Å². The first-order valence-corrected chi connectivity index (χ1v) is 6.70. The van der Waals surface area contributed by atoms with E-state index in [9.17, 15) is 9.50 Å². The molecule has 1 aliphatic rings. The Hall–Kier alpha value is -1.17. The first-order chi connectivity index (χ1) is 9.17. The lowest BCUT2D eigenvalue weighted by atomic mass is 10.2. The molecule has 5 heteroatoms. The van der Waals surface area contributed by atoms with Crippen molar-refractivity contribution in [1.82, 2.24) is 10.2 Å². The molecule has 1 atom stereocenters. The standard InChI is InChI=1S/C14H21FN2O2/c1-2-17-3-4-19-14(10-17)9-16-8-11-5-12(15)7-13(18)6-11/h5-7,14,16,18H,2-4,8-10H2,1H3. The molecule has 1 aliphatic heterocycles. The van der Waals surface area contributed by atoms with Gasteiger partial charge in [0.25, 0.3) is 0 Å². The number of likely N-dealkylation sites (N-methyl/N-ethyl adjacent to an activating group) is 1. The van der Waals surface area contributed by atoms with Gasteiger partial charge in [-0.25, -0.2) is 4.39 Å². The molecule has 1 aromatic rings. The third-order valence-electron chi connectivity index (χ3n) is 3.31. The van der Waals surface area contributed by atoms with Crippen LogP contribution in [-0.2, 0) is 11.3 Å². The molecule has 4 nitrogen and oxygen atoms in total. The molecule has 2 rings (SSSR count). The zero-order valence-corrected chi connectivity index (χ0v) is 11.2. The lowest BCUT2D eigenvalue weighted by Crippen LogP contribution is -2.46. The molecule has 0 saturated carbocycles. The average Bonchev–Trinajstić information content (AvgIpc) is 2.38. The van der Waals surface area contributed by atoms with Gasteiger partial charge < -0.3 is 15.2 Å². The predicted molar refractivity (Wildman–Crippen MR) is 71.6 cm³/mol. The SMILES string of the molecule is CCN1CCOC(CNCc2cc(O)cc(F)c2)C1. The lowest BCUT2D eigenvalue weighted by Gasteiger charge is -2.32. The summed E-state index contributed by atoms with van der Waals surface area (Å²) in [6, 6.07) is 4.09. The summed E-state index contributed by atoms with van der Waals surface area (Å²) in [5.41, 5.74) is 0.737. The highest BCUT2D eigenvalue weighted by Gasteiger charge is 2.18. The number of rotatable bonds is 5. The van der Waals surface area contributed by atoms with Crippen LogP contribution in [-0.4, -0.2) is 48.9 Å². The molecule has 0 aliphatic carbocycles. The highest BCUT2D eigenvalue weighted by atomic mass is 19.1. The van der Waals surface area contributed by atoms with Crippen LogP contribution in [0.5, 0.6) is 5.75 Å². The van der Waals surface area contributed by atoms with Gasteiger partial charge in [-0.3, -0.25) is 4.90 Å². The number of nitrogens with zero attached hydrogens (tertiary/aromatic N) is 1. The van der Waals surface area contributed by atoms with Crippen molar-refractivity contribution in [2.45, 2.75) is 19.6 Å².